The maximum atomic E-state index is 12.6. The number of carbonyl (C=O) groups is 2. The standard InChI is InChI=1S/C21H22BrN3O2/c1-14-10-17(22)8-9-18(14)23-20(26)12-24(3)21(27)13-25-15(2)11-16-6-4-5-7-19(16)25/h4-11H,12-13H2,1-3H3,(H,23,26). The predicted octanol–water partition coefficient (Wildman–Crippen LogP) is 4.12. The number of hydrogen-bond donors (Lipinski definition) is 1. The third-order valence-electron chi connectivity index (χ3n) is 4.58. The molecule has 1 aromatic heterocycles. The number of carbonyl (C=O) groups excluding carboxylic acids is 2. The van der Waals surface area contributed by atoms with Gasteiger partial charge in [0.1, 0.15) is 6.54 Å². The Morgan fingerprint density at radius 1 is 1.11 bits per heavy atom. The molecule has 0 saturated heterocycles. The zero-order chi connectivity index (χ0) is 19.6. The number of rotatable bonds is 5. The van der Waals surface area contributed by atoms with Crippen molar-refractivity contribution in [2.45, 2.75) is 20.4 Å². The van der Waals surface area contributed by atoms with Crippen molar-refractivity contribution in [3.63, 3.8) is 0 Å². The molecule has 1 N–H and O–H groups in total. The first kappa shape index (κ1) is 19.2. The Hall–Kier alpha value is -2.60. The lowest BCUT2D eigenvalue weighted by molar-refractivity contribution is -0.133. The van der Waals surface area contributed by atoms with Gasteiger partial charge in [0.05, 0.1) is 6.54 Å². The van der Waals surface area contributed by atoms with Crippen molar-refractivity contribution in [2.75, 3.05) is 18.9 Å². The van der Waals surface area contributed by atoms with E-state index < -0.39 is 0 Å². The summed E-state index contributed by atoms with van der Waals surface area (Å²) in [6.45, 7) is 4.12. The molecule has 6 heteroatoms. The number of nitrogens with one attached hydrogen (secondary N) is 1. The fraction of sp³-hybridized carbons (Fsp3) is 0.238. The van der Waals surface area contributed by atoms with E-state index >= 15 is 0 Å². The van der Waals surface area contributed by atoms with E-state index in [1.54, 1.807) is 7.05 Å². The number of fused-ring (bicyclic) bond motifs is 1. The molecule has 3 aromatic rings. The monoisotopic (exact) mass is 427 g/mol. The van der Waals surface area contributed by atoms with Crippen LogP contribution in [0.1, 0.15) is 11.3 Å². The number of aryl methyl sites for hydroxylation is 2. The van der Waals surface area contributed by atoms with E-state index in [-0.39, 0.29) is 24.9 Å². The van der Waals surface area contributed by atoms with Gasteiger partial charge < -0.3 is 14.8 Å². The van der Waals surface area contributed by atoms with Gasteiger partial charge in [0, 0.05) is 28.4 Å². The highest BCUT2D eigenvalue weighted by Gasteiger charge is 2.16. The number of anilines is 1. The zero-order valence-electron chi connectivity index (χ0n) is 15.6. The summed E-state index contributed by atoms with van der Waals surface area (Å²) in [5, 5.41) is 3.97. The van der Waals surface area contributed by atoms with Gasteiger partial charge in [-0.2, -0.15) is 0 Å². The first-order chi connectivity index (χ1) is 12.8. The minimum Gasteiger partial charge on any atom is -0.335 e. The Kier molecular flexibility index (Phi) is 5.65. The van der Waals surface area contributed by atoms with Crippen LogP contribution in [0.4, 0.5) is 5.69 Å². The SMILES string of the molecule is Cc1cc(Br)ccc1NC(=O)CN(C)C(=O)Cn1c(C)cc2ccccc21. The smallest absolute Gasteiger partial charge is 0.243 e. The Morgan fingerprint density at radius 2 is 1.85 bits per heavy atom. The number of para-hydroxylation sites is 1. The van der Waals surface area contributed by atoms with Gasteiger partial charge in [-0.25, -0.2) is 0 Å². The largest absolute Gasteiger partial charge is 0.335 e. The minimum absolute atomic E-state index is 0.00653. The van der Waals surface area contributed by atoms with Crippen LogP contribution >= 0.6 is 15.9 Å². The molecule has 5 nitrogen and oxygen atoms in total. The Balaban J connectivity index is 1.65. The molecule has 27 heavy (non-hydrogen) atoms. The van der Waals surface area contributed by atoms with Crippen LogP contribution in [-0.4, -0.2) is 34.9 Å². The predicted molar refractivity (Wildman–Crippen MR) is 112 cm³/mol. The summed E-state index contributed by atoms with van der Waals surface area (Å²) in [5.41, 5.74) is 3.75. The van der Waals surface area contributed by atoms with Crippen molar-refractivity contribution in [3.8, 4) is 0 Å². The van der Waals surface area contributed by atoms with Crippen LogP contribution in [0.3, 0.4) is 0 Å². The van der Waals surface area contributed by atoms with Gasteiger partial charge in [0.2, 0.25) is 11.8 Å². The molecule has 2 aromatic carbocycles. The molecule has 3 rings (SSSR count). The molecule has 0 atom stereocenters. The summed E-state index contributed by atoms with van der Waals surface area (Å²) >= 11 is 3.41. The van der Waals surface area contributed by atoms with Gasteiger partial charge in [-0.1, -0.05) is 34.1 Å². The van der Waals surface area contributed by atoms with Gasteiger partial charge in [0.25, 0.3) is 0 Å². The molecule has 0 aliphatic carbocycles. The lowest BCUT2D eigenvalue weighted by Crippen LogP contribution is -2.37. The summed E-state index contributed by atoms with van der Waals surface area (Å²) in [6, 6.07) is 15.7. The molecule has 0 unspecified atom stereocenters. The fourth-order valence-electron chi connectivity index (χ4n) is 3.07. The number of nitrogens with zero attached hydrogens (tertiary/aromatic N) is 2. The summed E-state index contributed by atoms with van der Waals surface area (Å²) in [4.78, 5) is 26.4. The lowest BCUT2D eigenvalue weighted by atomic mass is 10.2. The number of halogens is 1. The summed E-state index contributed by atoms with van der Waals surface area (Å²) < 4.78 is 2.94. The topological polar surface area (TPSA) is 54.3 Å². The van der Waals surface area contributed by atoms with E-state index in [1.165, 1.54) is 4.90 Å². The Labute approximate surface area is 167 Å². The molecule has 2 amide bonds. The van der Waals surface area contributed by atoms with Crippen LogP contribution in [0.2, 0.25) is 0 Å². The van der Waals surface area contributed by atoms with Gasteiger partial charge in [-0.3, -0.25) is 9.59 Å². The van der Waals surface area contributed by atoms with E-state index in [0.29, 0.717) is 0 Å². The second-order valence-corrected chi connectivity index (χ2v) is 7.60. The van der Waals surface area contributed by atoms with Crippen molar-refractivity contribution in [3.05, 3.63) is 64.3 Å². The molecule has 0 bridgehead atoms. The van der Waals surface area contributed by atoms with Crippen molar-refractivity contribution in [2.24, 2.45) is 0 Å². The van der Waals surface area contributed by atoms with Crippen molar-refractivity contribution < 1.29 is 9.59 Å². The fourth-order valence-corrected chi connectivity index (χ4v) is 3.55. The molecule has 0 saturated carbocycles. The second-order valence-electron chi connectivity index (χ2n) is 6.69. The van der Waals surface area contributed by atoms with Crippen LogP contribution in [0.25, 0.3) is 10.9 Å². The molecule has 0 radical (unpaired) electrons. The van der Waals surface area contributed by atoms with Crippen molar-refractivity contribution >= 4 is 44.3 Å². The van der Waals surface area contributed by atoms with Crippen LogP contribution < -0.4 is 5.32 Å². The van der Waals surface area contributed by atoms with Crippen LogP contribution in [0.15, 0.2) is 53.0 Å². The molecule has 0 aliphatic heterocycles. The van der Waals surface area contributed by atoms with Gasteiger partial charge in [0.15, 0.2) is 0 Å². The maximum absolute atomic E-state index is 12.6. The van der Waals surface area contributed by atoms with Crippen LogP contribution in [0.5, 0.6) is 0 Å². The second kappa shape index (κ2) is 7.96. The normalized spacial score (nSPS) is 10.8. The Bertz CT molecular complexity index is 1010. The molecule has 1 heterocycles. The molecular weight excluding hydrogens is 406 g/mol. The summed E-state index contributed by atoms with van der Waals surface area (Å²) in [7, 11) is 1.65. The Morgan fingerprint density at radius 3 is 2.59 bits per heavy atom. The maximum Gasteiger partial charge on any atom is 0.243 e. The zero-order valence-corrected chi connectivity index (χ0v) is 17.2. The summed E-state index contributed by atoms with van der Waals surface area (Å²) in [5.74, 6) is -0.326. The van der Waals surface area contributed by atoms with Gasteiger partial charge in [-0.15, -0.1) is 0 Å². The van der Waals surface area contributed by atoms with Crippen molar-refractivity contribution in [1.82, 2.24) is 9.47 Å². The quantitative estimate of drug-likeness (QED) is 0.665. The third-order valence-corrected chi connectivity index (χ3v) is 5.07. The number of benzene rings is 2. The lowest BCUT2D eigenvalue weighted by Gasteiger charge is -2.19. The van der Waals surface area contributed by atoms with E-state index in [1.807, 2.05) is 60.9 Å². The highest BCUT2D eigenvalue weighted by Crippen LogP contribution is 2.21. The van der Waals surface area contributed by atoms with Gasteiger partial charge >= 0.3 is 0 Å². The van der Waals surface area contributed by atoms with Crippen LogP contribution in [0, 0.1) is 13.8 Å². The number of likely N-dealkylation sites (N-methyl/N-ethyl adjacent to an activating group) is 1. The highest BCUT2D eigenvalue weighted by atomic mass is 79.9. The van der Waals surface area contributed by atoms with E-state index in [0.717, 1.165) is 32.3 Å². The first-order valence-electron chi connectivity index (χ1n) is 8.70. The van der Waals surface area contributed by atoms with Crippen LogP contribution in [-0.2, 0) is 16.1 Å². The molecule has 0 spiro atoms. The van der Waals surface area contributed by atoms with E-state index in [2.05, 4.69) is 27.3 Å². The summed E-state index contributed by atoms with van der Waals surface area (Å²) in [6.07, 6.45) is 0. The molecule has 0 aliphatic rings. The number of hydrogen-bond acceptors (Lipinski definition) is 2. The third kappa shape index (κ3) is 4.39. The highest BCUT2D eigenvalue weighted by molar-refractivity contribution is 9.10. The number of aromatic nitrogens is 1. The average Bonchev–Trinajstić information content (AvgIpc) is 2.93. The average molecular weight is 428 g/mol. The van der Waals surface area contributed by atoms with E-state index in [9.17, 15) is 9.59 Å². The van der Waals surface area contributed by atoms with Gasteiger partial charge in [-0.05, 0) is 55.1 Å². The minimum atomic E-state index is -0.217. The van der Waals surface area contributed by atoms with Crippen molar-refractivity contribution in [1.29, 1.82) is 0 Å². The first-order valence-corrected chi connectivity index (χ1v) is 9.49. The molecule has 140 valence electrons. The molecule has 0 fully saturated rings. The molecular formula is C21H22BrN3O2. The van der Waals surface area contributed by atoms with E-state index in [4.69, 9.17) is 0 Å². The number of amides is 2.